The lowest BCUT2D eigenvalue weighted by atomic mass is 10.1. The molecule has 1 saturated heterocycles. The van der Waals surface area contributed by atoms with Gasteiger partial charge in [0.25, 0.3) is 0 Å². The van der Waals surface area contributed by atoms with Gasteiger partial charge < -0.3 is 9.32 Å². The number of pyridine rings is 1. The Morgan fingerprint density at radius 2 is 1.81 bits per heavy atom. The van der Waals surface area contributed by atoms with E-state index in [1.54, 1.807) is 12.3 Å². The van der Waals surface area contributed by atoms with Gasteiger partial charge in [0, 0.05) is 30.3 Å². The van der Waals surface area contributed by atoms with Gasteiger partial charge >= 0.3 is 0 Å². The van der Waals surface area contributed by atoms with Gasteiger partial charge in [-0.05, 0) is 57.1 Å². The normalized spacial score (nSPS) is 14.4. The molecule has 0 bridgehead atoms. The topological polar surface area (TPSA) is 66.0 Å². The number of likely N-dealkylation sites (tertiary alicyclic amines) is 1. The van der Waals surface area contributed by atoms with E-state index in [0.29, 0.717) is 11.5 Å². The van der Waals surface area contributed by atoms with Crippen molar-refractivity contribution in [2.24, 2.45) is 0 Å². The molecule has 0 N–H and O–H groups in total. The second-order valence-corrected chi connectivity index (χ2v) is 6.94. The molecule has 1 fully saturated rings. The molecular formula is C22H22N4O. The number of nitrogens with zero attached hydrogens (tertiary/aromatic N) is 4. The number of oxazole rings is 1. The Morgan fingerprint density at radius 3 is 2.48 bits per heavy atom. The van der Waals surface area contributed by atoms with Crippen LogP contribution in [-0.4, -0.2) is 34.5 Å². The molecule has 1 aliphatic rings. The summed E-state index contributed by atoms with van der Waals surface area (Å²) < 4.78 is 5.91. The van der Waals surface area contributed by atoms with Gasteiger partial charge in [-0.15, -0.1) is 0 Å². The van der Waals surface area contributed by atoms with E-state index in [1.807, 2.05) is 37.3 Å². The molecule has 5 heteroatoms. The molecule has 136 valence electrons. The van der Waals surface area contributed by atoms with Crippen molar-refractivity contribution in [3.05, 3.63) is 59.6 Å². The Morgan fingerprint density at radius 1 is 1.07 bits per heavy atom. The van der Waals surface area contributed by atoms with Crippen LogP contribution in [0.1, 0.15) is 29.9 Å². The summed E-state index contributed by atoms with van der Waals surface area (Å²) in [5, 5.41) is 8.88. The first kappa shape index (κ1) is 17.4. The number of nitriles is 1. The van der Waals surface area contributed by atoms with Crippen molar-refractivity contribution < 1.29 is 4.42 Å². The molecule has 0 saturated carbocycles. The van der Waals surface area contributed by atoms with Crippen LogP contribution in [0.2, 0.25) is 0 Å². The average molecular weight is 358 g/mol. The molecule has 2 aromatic heterocycles. The van der Waals surface area contributed by atoms with Gasteiger partial charge in [-0.3, -0.25) is 4.98 Å². The number of hydrogen-bond acceptors (Lipinski definition) is 5. The molecule has 0 radical (unpaired) electrons. The van der Waals surface area contributed by atoms with Crippen LogP contribution in [0.4, 0.5) is 0 Å². The Balaban J connectivity index is 1.48. The third kappa shape index (κ3) is 3.91. The molecule has 3 aromatic rings. The lowest BCUT2D eigenvalue weighted by molar-refractivity contribution is 0.341. The van der Waals surface area contributed by atoms with Crippen molar-refractivity contribution in [2.75, 3.05) is 19.6 Å². The third-order valence-corrected chi connectivity index (χ3v) is 5.08. The van der Waals surface area contributed by atoms with E-state index < -0.39 is 0 Å². The quantitative estimate of drug-likeness (QED) is 0.683. The minimum atomic E-state index is 0.562. The summed E-state index contributed by atoms with van der Waals surface area (Å²) in [6.07, 6.45) is 5.14. The molecule has 4 rings (SSSR count). The van der Waals surface area contributed by atoms with Crippen LogP contribution in [0.5, 0.6) is 0 Å². The Kier molecular flexibility index (Phi) is 4.99. The van der Waals surface area contributed by atoms with Gasteiger partial charge in [0.2, 0.25) is 5.89 Å². The molecular weight excluding hydrogens is 336 g/mol. The van der Waals surface area contributed by atoms with Crippen molar-refractivity contribution in [1.29, 1.82) is 5.26 Å². The molecule has 27 heavy (non-hydrogen) atoms. The first-order valence-corrected chi connectivity index (χ1v) is 9.38. The number of benzene rings is 1. The van der Waals surface area contributed by atoms with Crippen molar-refractivity contribution in [1.82, 2.24) is 14.9 Å². The van der Waals surface area contributed by atoms with E-state index in [1.165, 1.54) is 25.9 Å². The van der Waals surface area contributed by atoms with Gasteiger partial charge in [0.1, 0.15) is 11.8 Å². The molecule has 1 aliphatic heterocycles. The smallest absolute Gasteiger partial charge is 0.226 e. The Labute approximate surface area is 159 Å². The summed E-state index contributed by atoms with van der Waals surface area (Å²) in [5.74, 6) is 1.57. The molecule has 0 unspecified atom stereocenters. The van der Waals surface area contributed by atoms with Crippen molar-refractivity contribution in [3.8, 4) is 28.8 Å². The largest absolute Gasteiger partial charge is 0.441 e. The summed E-state index contributed by atoms with van der Waals surface area (Å²) in [6, 6.07) is 13.7. The van der Waals surface area contributed by atoms with Crippen LogP contribution in [0.3, 0.4) is 0 Å². The van der Waals surface area contributed by atoms with Gasteiger partial charge in [0.05, 0.1) is 17.0 Å². The van der Waals surface area contributed by atoms with Gasteiger partial charge in [-0.1, -0.05) is 12.1 Å². The Hall–Kier alpha value is -2.97. The number of aryl methyl sites for hydroxylation is 1. The first-order chi connectivity index (χ1) is 13.2. The fourth-order valence-corrected chi connectivity index (χ4v) is 3.47. The molecule has 1 aromatic carbocycles. The van der Waals surface area contributed by atoms with E-state index >= 15 is 0 Å². The zero-order valence-electron chi connectivity index (χ0n) is 15.5. The maximum atomic E-state index is 8.88. The van der Waals surface area contributed by atoms with Crippen LogP contribution < -0.4 is 0 Å². The van der Waals surface area contributed by atoms with Crippen LogP contribution in [0.25, 0.3) is 22.7 Å². The highest BCUT2D eigenvalue weighted by molar-refractivity contribution is 5.65. The van der Waals surface area contributed by atoms with Gasteiger partial charge in [-0.2, -0.15) is 5.26 Å². The summed E-state index contributed by atoms with van der Waals surface area (Å²) in [5.41, 5.74) is 4.42. The predicted molar refractivity (Wildman–Crippen MR) is 104 cm³/mol. The molecule has 0 aliphatic carbocycles. The monoisotopic (exact) mass is 358 g/mol. The average Bonchev–Trinajstić information content (AvgIpc) is 3.36. The van der Waals surface area contributed by atoms with Crippen molar-refractivity contribution >= 4 is 0 Å². The number of aromatic nitrogens is 2. The molecule has 5 nitrogen and oxygen atoms in total. The third-order valence-electron chi connectivity index (χ3n) is 5.08. The first-order valence-electron chi connectivity index (χ1n) is 9.38. The standard InChI is InChI=1S/C22H22N4O/c1-16-20(10-13-26-11-2-3-12-26)25-22(27-16)19-7-5-18(6-8-19)21-9-4-17(14-23)15-24-21/h4-9,15H,2-3,10-13H2,1H3. The highest BCUT2D eigenvalue weighted by Crippen LogP contribution is 2.25. The number of rotatable bonds is 5. The SMILES string of the molecule is Cc1oc(-c2ccc(-c3ccc(C#N)cn3)cc2)nc1CCN1CCCC1. The van der Waals surface area contributed by atoms with E-state index in [-0.39, 0.29) is 0 Å². The Bertz CT molecular complexity index is 945. The lowest BCUT2D eigenvalue weighted by Crippen LogP contribution is -2.22. The van der Waals surface area contributed by atoms with Crippen molar-refractivity contribution in [2.45, 2.75) is 26.2 Å². The predicted octanol–water partition coefficient (Wildman–Crippen LogP) is 4.22. The van der Waals surface area contributed by atoms with Crippen LogP contribution in [-0.2, 0) is 6.42 Å². The fourth-order valence-electron chi connectivity index (χ4n) is 3.47. The van der Waals surface area contributed by atoms with E-state index in [4.69, 9.17) is 14.7 Å². The van der Waals surface area contributed by atoms with Gasteiger partial charge in [0.15, 0.2) is 0 Å². The molecule has 0 atom stereocenters. The van der Waals surface area contributed by atoms with Crippen LogP contribution in [0, 0.1) is 18.3 Å². The summed E-state index contributed by atoms with van der Waals surface area (Å²) >= 11 is 0. The molecule has 0 amide bonds. The fraction of sp³-hybridized carbons (Fsp3) is 0.318. The zero-order valence-corrected chi connectivity index (χ0v) is 15.5. The summed E-state index contributed by atoms with van der Waals surface area (Å²) in [4.78, 5) is 11.6. The minimum absolute atomic E-state index is 0.562. The number of hydrogen-bond donors (Lipinski definition) is 0. The van der Waals surface area contributed by atoms with E-state index in [0.717, 1.165) is 41.2 Å². The lowest BCUT2D eigenvalue weighted by Gasteiger charge is -2.12. The van der Waals surface area contributed by atoms with E-state index in [9.17, 15) is 0 Å². The molecule has 0 spiro atoms. The summed E-state index contributed by atoms with van der Waals surface area (Å²) in [7, 11) is 0. The minimum Gasteiger partial charge on any atom is -0.441 e. The highest BCUT2D eigenvalue weighted by atomic mass is 16.4. The van der Waals surface area contributed by atoms with E-state index in [2.05, 4.69) is 16.0 Å². The highest BCUT2D eigenvalue weighted by Gasteiger charge is 2.15. The zero-order chi connectivity index (χ0) is 18.6. The maximum absolute atomic E-state index is 8.88. The maximum Gasteiger partial charge on any atom is 0.226 e. The van der Waals surface area contributed by atoms with Gasteiger partial charge in [-0.25, -0.2) is 4.98 Å². The second-order valence-electron chi connectivity index (χ2n) is 6.94. The van der Waals surface area contributed by atoms with Crippen molar-refractivity contribution in [3.63, 3.8) is 0 Å². The van der Waals surface area contributed by atoms with Crippen LogP contribution >= 0.6 is 0 Å². The second kappa shape index (κ2) is 7.73. The molecule has 3 heterocycles. The van der Waals surface area contributed by atoms with Crippen LogP contribution in [0.15, 0.2) is 47.0 Å². The summed E-state index contributed by atoms with van der Waals surface area (Å²) in [6.45, 7) is 5.45.